The van der Waals surface area contributed by atoms with Crippen LogP contribution >= 0.6 is 0 Å². The van der Waals surface area contributed by atoms with Gasteiger partial charge in [0.25, 0.3) is 0 Å². The van der Waals surface area contributed by atoms with E-state index in [2.05, 4.69) is 9.55 Å². The van der Waals surface area contributed by atoms with Crippen molar-refractivity contribution >= 4 is 0 Å². The highest BCUT2D eigenvalue weighted by atomic mass is 19.1. The highest BCUT2D eigenvalue weighted by molar-refractivity contribution is 5.56. The van der Waals surface area contributed by atoms with Crippen LogP contribution in [-0.2, 0) is 11.3 Å². The number of ether oxygens (including phenoxy) is 1. The van der Waals surface area contributed by atoms with Crippen molar-refractivity contribution in [2.24, 2.45) is 5.92 Å². The van der Waals surface area contributed by atoms with Crippen LogP contribution in [0, 0.1) is 11.7 Å². The minimum Gasteiger partial charge on any atom is -0.381 e. The lowest BCUT2D eigenvalue weighted by Crippen LogP contribution is -2.20. The van der Waals surface area contributed by atoms with Gasteiger partial charge in [-0.05, 0) is 30.9 Å². The Bertz CT molecular complexity index is 547. The van der Waals surface area contributed by atoms with Crippen LogP contribution in [0.5, 0.6) is 0 Å². The third kappa shape index (κ3) is 2.68. The average molecular weight is 260 g/mol. The molecule has 1 aliphatic heterocycles. The Morgan fingerprint density at radius 1 is 1.26 bits per heavy atom. The van der Waals surface area contributed by atoms with Crippen molar-refractivity contribution in [1.29, 1.82) is 0 Å². The minimum atomic E-state index is -0.220. The summed E-state index contributed by atoms with van der Waals surface area (Å²) < 4.78 is 21.3. The summed E-state index contributed by atoms with van der Waals surface area (Å²) in [6, 6.07) is 6.79. The van der Waals surface area contributed by atoms with Crippen LogP contribution in [0.15, 0.2) is 36.7 Å². The first-order chi connectivity index (χ1) is 9.34. The number of halogens is 1. The summed E-state index contributed by atoms with van der Waals surface area (Å²) in [5.74, 6) is 1.08. The average Bonchev–Trinajstić information content (AvgIpc) is 2.88. The molecule has 0 amide bonds. The summed E-state index contributed by atoms with van der Waals surface area (Å²) in [6.07, 6.45) is 5.79. The smallest absolute Gasteiger partial charge is 0.142 e. The summed E-state index contributed by atoms with van der Waals surface area (Å²) in [5.41, 5.74) is 0.569. The van der Waals surface area contributed by atoms with Crippen LogP contribution in [0.1, 0.15) is 12.8 Å². The summed E-state index contributed by atoms with van der Waals surface area (Å²) in [5, 5.41) is 0. The zero-order valence-electron chi connectivity index (χ0n) is 10.8. The van der Waals surface area contributed by atoms with E-state index in [0.717, 1.165) is 32.6 Å². The lowest BCUT2D eigenvalue weighted by molar-refractivity contribution is 0.0614. The molecular weight excluding hydrogens is 243 g/mol. The highest BCUT2D eigenvalue weighted by Crippen LogP contribution is 2.24. The maximum absolute atomic E-state index is 13.8. The Hall–Kier alpha value is -1.68. The Kier molecular flexibility index (Phi) is 3.60. The number of aromatic nitrogens is 2. The molecule has 1 fully saturated rings. The molecule has 0 bridgehead atoms. The number of rotatable bonds is 3. The molecule has 0 unspecified atom stereocenters. The van der Waals surface area contributed by atoms with Crippen molar-refractivity contribution in [1.82, 2.24) is 9.55 Å². The van der Waals surface area contributed by atoms with E-state index in [1.54, 1.807) is 18.3 Å². The van der Waals surface area contributed by atoms with Gasteiger partial charge in [0.15, 0.2) is 0 Å². The predicted octanol–water partition coefficient (Wildman–Crippen LogP) is 3.12. The van der Waals surface area contributed by atoms with Gasteiger partial charge in [0.2, 0.25) is 0 Å². The van der Waals surface area contributed by atoms with Crippen molar-refractivity contribution in [2.45, 2.75) is 19.4 Å². The van der Waals surface area contributed by atoms with Crippen LogP contribution < -0.4 is 0 Å². The van der Waals surface area contributed by atoms with Gasteiger partial charge >= 0.3 is 0 Å². The molecule has 0 N–H and O–H groups in total. The molecule has 1 aromatic carbocycles. The molecule has 0 saturated carbocycles. The fourth-order valence-corrected chi connectivity index (χ4v) is 2.55. The van der Waals surface area contributed by atoms with Crippen LogP contribution in [-0.4, -0.2) is 22.8 Å². The summed E-state index contributed by atoms with van der Waals surface area (Å²) in [7, 11) is 0. The van der Waals surface area contributed by atoms with E-state index < -0.39 is 0 Å². The first-order valence-electron chi connectivity index (χ1n) is 6.68. The molecule has 1 saturated heterocycles. The van der Waals surface area contributed by atoms with E-state index in [0.29, 0.717) is 17.3 Å². The van der Waals surface area contributed by atoms with Crippen LogP contribution in [0.2, 0.25) is 0 Å². The van der Waals surface area contributed by atoms with Crippen molar-refractivity contribution < 1.29 is 9.13 Å². The molecule has 1 aromatic heterocycles. The highest BCUT2D eigenvalue weighted by Gasteiger charge is 2.17. The Labute approximate surface area is 112 Å². The summed E-state index contributed by atoms with van der Waals surface area (Å²) in [6.45, 7) is 2.54. The molecule has 2 aromatic rings. The topological polar surface area (TPSA) is 27.1 Å². The molecule has 100 valence electrons. The third-order valence-corrected chi connectivity index (χ3v) is 3.63. The fraction of sp³-hybridized carbons (Fsp3) is 0.400. The van der Waals surface area contributed by atoms with Gasteiger partial charge in [-0.3, -0.25) is 0 Å². The molecule has 0 radical (unpaired) electrons. The van der Waals surface area contributed by atoms with Crippen molar-refractivity contribution in [2.75, 3.05) is 13.2 Å². The van der Waals surface area contributed by atoms with Gasteiger partial charge in [-0.2, -0.15) is 0 Å². The van der Waals surface area contributed by atoms with E-state index in [1.165, 1.54) is 6.07 Å². The number of imidazole rings is 1. The second-order valence-electron chi connectivity index (χ2n) is 4.94. The SMILES string of the molecule is Fc1ccccc1-c1nccn1CC1CCOCC1. The largest absolute Gasteiger partial charge is 0.381 e. The molecule has 0 atom stereocenters. The standard InChI is InChI=1S/C15H17FN2O/c16-14-4-2-1-3-13(14)15-17-7-8-18(15)11-12-5-9-19-10-6-12/h1-4,7-8,12H,5-6,9-11H2. The maximum Gasteiger partial charge on any atom is 0.142 e. The third-order valence-electron chi connectivity index (χ3n) is 3.63. The van der Waals surface area contributed by atoms with Crippen molar-refractivity contribution in [3.05, 3.63) is 42.5 Å². The number of benzene rings is 1. The molecule has 3 nitrogen and oxygen atoms in total. The second kappa shape index (κ2) is 5.53. The minimum absolute atomic E-state index is 0.220. The van der Waals surface area contributed by atoms with Gasteiger partial charge in [-0.15, -0.1) is 0 Å². The molecule has 19 heavy (non-hydrogen) atoms. The molecule has 0 aliphatic carbocycles. The fourth-order valence-electron chi connectivity index (χ4n) is 2.55. The number of hydrogen-bond donors (Lipinski definition) is 0. The first-order valence-corrected chi connectivity index (χ1v) is 6.68. The summed E-state index contributed by atoms with van der Waals surface area (Å²) in [4.78, 5) is 4.30. The quantitative estimate of drug-likeness (QED) is 0.847. The zero-order chi connectivity index (χ0) is 13.1. The second-order valence-corrected chi connectivity index (χ2v) is 4.94. The van der Waals surface area contributed by atoms with Gasteiger partial charge < -0.3 is 9.30 Å². The van der Waals surface area contributed by atoms with E-state index in [4.69, 9.17) is 4.74 Å². The molecule has 2 heterocycles. The van der Waals surface area contributed by atoms with Gasteiger partial charge in [-0.25, -0.2) is 9.37 Å². The Morgan fingerprint density at radius 2 is 2.05 bits per heavy atom. The van der Waals surface area contributed by atoms with Gasteiger partial charge in [0, 0.05) is 32.2 Å². The Balaban J connectivity index is 1.84. The molecule has 3 rings (SSSR count). The van der Waals surface area contributed by atoms with Crippen LogP contribution in [0.4, 0.5) is 4.39 Å². The molecule has 0 spiro atoms. The predicted molar refractivity (Wildman–Crippen MR) is 71.2 cm³/mol. The van der Waals surface area contributed by atoms with Crippen molar-refractivity contribution in [3.8, 4) is 11.4 Å². The normalized spacial score (nSPS) is 16.7. The van der Waals surface area contributed by atoms with E-state index in [1.807, 2.05) is 12.3 Å². The van der Waals surface area contributed by atoms with Gasteiger partial charge in [-0.1, -0.05) is 12.1 Å². The summed E-state index contributed by atoms with van der Waals surface area (Å²) >= 11 is 0. The van der Waals surface area contributed by atoms with E-state index in [-0.39, 0.29) is 5.82 Å². The number of nitrogens with zero attached hydrogens (tertiary/aromatic N) is 2. The van der Waals surface area contributed by atoms with Crippen LogP contribution in [0.3, 0.4) is 0 Å². The zero-order valence-corrected chi connectivity index (χ0v) is 10.8. The number of hydrogen-bond acceptors (Lipinski definition) is 2. The monoisotopic (exact) mass is 260 g/mol. The Morgan fingerprint density at radius 3 is 2.84 bits per heavy atom. The first kappa shape index (κ1) is 12.4. The van der Waals surface area contributed by atoms with Crippen molar-refractivity contribution in [3.63, 3.8) is 0 Å². The molecule has 4 heteroatoms. The van der Waals surface area contributed by atoms with Crippen LogP contribution in [0.25, 0.3) is 11.4 Å². The molecule has 1 aliphatic rings. The van der Waals surface area contributed by atoms with Gasteiger partial charge in [0.1, 0.15) is 11.6 Å². The maximum atomic E-state index is 13.8. The lowest BCUT2D eigenvalue weighted by atomic mass is 10.0. The molecular formula is C15H17FN2O. The lowest BCUT2D eigenvalue weighted by Gasteiger charge is -2.23. The van der Waals surface area contributed by atoms with E-state index >= 15 is 0 Å². The van der Waals surface area contributed by atoms with Gasteiger partial charge in [0.05, 0.1) is 5.56 Å². The van der Waals surface area contributed by atoms with E-state index in [9.17, 15) is 4.39 Å².